The SMILES string of the molecule is CC(=O)OC[C@@H]1C[C@@H](c2nn(C(C)=O)c(C#N)c2N)[C@H](OC(C)=O)[C@@H]1OC(C)=O. The molecule has 1 saturated carbocycles. The Kier molecular flexibility index (Phi) is 6.58. The summed E-state index contributed by atoms with van der Waals surface area (Å²) in [5, 5.41) is 13.5. The molecule has 0 amide bonds. The first-order valence-corrected chi connectivity index (χ1v) is 8.84. The van der Waals surface area contributed by atoms with Gasteiger partial charge in [0.2, 0.25) is 5.91 Å². The first-order valence-electron chi connectivity index (χ1n) is 8.84. The van der Waals surface area contributed by atoms with Gasteiger partial charge in [0.1, 0.15) is 18.3 Å². The van der Waals surface area contributed by atoms with Gasteiger partial charge in [0.25, 0.3) is 0 Å². The lowest BCUT2D eigenvalue weighted by molar-refractivity contribution is -0.167. The maximum absolute atomic E-state index is 11.8. The molecule has 0 radical (unpaired) electrons. The average Bonchev–Trinajstić information content (AvgIpc) is 3.10. The van der Waals surface area contributed by atoms with Gasteiger partial charge in [-0.15, -0.1) is 0 Å². The van der Waals surface area contributed by atoms with Crippen LogP contribution in [0.4, 0.5) is 5.69 Å². The Bertz CT molecular complexity index is 886. The molecule has 1 aromatic heterocycles. The van der Waals surface area contributed by atoms with E-state index in [4.69, 9.17) is 19.9 Å². The molecule has 0 bridgehead atoms. The summed E-state index contributed by atoms with van der Waals surface area (Å²) in [5.41, 5.74) is 6.05. The fourth-order valence-electron chi connectivity index (χ4n) is 3.50. The van der Waals surface area contributed by atoms with Crippen LogP contribution in [0.5, 0.6) is 0 Å². The number of carbonyl (C=O) groups excluding carboxylic acids is 4. The minimum Gasteiger partial charge on any atom is -0.465 e. The summed E-state index contributed by atoms with van der Waals surface area (Å²) in [6.45, 7) is 4.77. The highest BCUT2D eigenvalue weighted by molar-refractivity contribution is 5.79. The fraction of sp³-hybridized carbons (Fsp3) is 0.556. The number of nitrogens with zero attached hydrogens (tertiary/aromatic N) is 3. The van der Waals surface area contributed by atoms with Crippen LogP contribution < -0.4 is 5.73 Å². The number of esters is 3. The Morgan fingerprint density at radius 1 is 1.10 bits per heavy atom. The Morgan fingerprint density at radius 2 is 1.69 bits per heavy atom. The number of nitrogens with two attached hydrogens (primary N) is 1. The number of ether oxygens (including phenoxy) is 3. The zero-order chi connectivity index (χ0) is 21.9. The van der Waals surface area contributed by atoms with Crippen LogP contribution in [0.1, 0.15) is 56.2 Å². The quantitative estimate of drug-likeness (QED) is 0.538. The van der Waals surface area contributed by atoms with Gasteiger partial charge in [-0.2, -0.15) is 15.0 Å². The van der Waals surface area contributed by atoms with Crippen molar-refractivity contribution in [1.82, 2.24) is 9.78 Å². The van der Waals surface area contributed by atoms with Gasteiger partial charge >= 0.3 is 17.9 Å². The summed E-state index contributed by atoms with van der Waals surface area (Å²) in [4.78, 5) is 46.3. The van der Waals surface area contributed by atoms with Crippen molar-refractivity contribution in [3.63, 3.8) is 0 Å². The van der Waals surface area contributed by atoms with Crippen molar-refractivity contribution in [2.45, 2.75) is 52.2 Å². The van der Waals surface area contributed by atoms with Crippen LogP contribution in [0, 0.1) is 17.2 Å². The smallest absolute Gasteiger partial charge is 0.303 e. The highest BCUT2D eigenvalue weighted by Gasteiger charge is 2.50. The van der Waals surface area contributed by atoms with Crippen LogP contribution in [-0.2, 0) is 28.6 Å². The van der Waals surface area contributed by atoms with Gasteiger partial charge in [-0.1, -0.05) is 0 Å². The molecule has 29 heavy (non-hydrogen) atoms. The van der Waals surface area contributed by atoms with Gasteiger partial charge in [0.15, 0.2) is 5.69 Å². The number of aromatic nitrogens is 2. The van der Waals surface area contributed by atoms with Crippen molar-refractivity contribution >= 4 is 29.5 Å². The standard InChI is InChI=1S/C18H22N4O7/c1-8(23)22-14(6-19)15(20)16(21-22)13-5-12(7-27-9(2)24)17(28-10(3)25)18(13)29-11(4)26/h12-13,17-18H,5,7,20H2,1-4H3/t12-,13-,17+,18-/m0/s1. The van der Waals surface area contributed by atoms with Gasteiger partial charge in [-0.25, -0.2) is 0 Å². The summed E-state index contributed by atoms with van der Waals surface area (Å²) in [7, 11) is 0. The van der Waals surface area contributed by atoms with Crippen LogP contribution >= 0.6 is 0 Å². The largest absolute Gasteiger partial charge is 0.465 e. The van der Waals surface area contributed by atoms with Crippen LogP contribution in [0.15, 0.2) is 0 Å². The van der Waals surface area contributed by atoms with Gasteiger partial charge in [-0.05, 0) is 6.42 Å². The lowest BCUT2D eigenvalue weighted by Crippen LogP contribution is -2.37. The van der Waals surface area contributed by atoms with Crippen LogP contribution in [0.2, 0.25) is 0 Å². The highest BCUT2D eigenvalue weighted by atomic mass is 16.6. The number of anilines is 1. The van der Waals surface area contributed by atoms with Crippen LogP contribution in [0.3, 0.4) is 0 Å². The molecule has 4 atom stereocenters. The third-order valence-electron chi connectivity index (χ3n) is 4.55. The summed E-state index contributed by atoms with van der Waals surface area (Å²) in [6, 6.07) is 1.83. The predicted octanol–water partition coefficient (Wildman–Crippen LogP) is 0.527. The third-order valence-corrected chi connectivity index (χ3v) is 4.55. The lowest BCUT2D eigenvalue weighted by atomic mass is 9.99. The van der Waals surface area contributed by atoms with Crippen LogP contribution in [-0.4, -0.2) is 52.4 Å². The maximum atomic E-state index is 11.8. The van der Waals surface area contributed by atoms with E-state index in [0.29, 0.717) is 0 Å². The van der Waals surface area contributed by atoms with Crippen molar-refractivity contribution < 1.29 is 33.4 Å². The fourth-order valence-corrected chi connectivity index (χ4v) is 3.50. The monoisotopic (exact) mass is 406 g/mol. The lowest BCUT2D eigenvalue weighted by Gasteiger charge is -2.25. The second-order valence-electron chi connectivity index (χ2n) is 6.74. The first kappa shape index (κ1) is 21.9. The molecule has 0 spiro atoms. The Labute approximate surface area is 166 Å². The van der Waals surface area contributed by atoms with E-state index in [0.717, 1.165) is 4.68 Å². The number of nitrogen functional groups attached to an aromatic ring is 1. The second kappa shape index (κ2) is 8.72. The number of carbonyl (C=O) groups is 4. The molecule has 11 nitrogen and oxygen atoms in total. The number of rotatable bonds is 5. The Morgan fingerprint density at radius 3 is 2.14 bits per heavy atom. The van der Waals surface area contributed by atoms with Crippen molar-refractivity contribution in [1.29, 1.82) is 5.26 Å². The number of hydrogen-bond acceptors (Lipinski definition) is 10. The van der Waals surface area contributed by atoms with E-state index in [1.807, 2.05) is 6.07 Å². The number of nitriles is 1. The summed E-state index contributed by atoms with van der Waals surface area (Å²) in [5.74, 6) is -3.47. The van der Waals surface area contributed by atoms with Crippen molar-refractivity contribution in [3.8, 4) is 6.07 Å². The van der Waals surface area contributed by atoms with Gasteiger partial charge in [-0.3, -0.25) is 19.2 Å². The average molecular weight is 406 g/mol. The molecule has 2 rings (SSSR count). The molecule has 0 saturated heterocycles. The molecule has 11 heteroatoms. The molecule has 1 heterocycles. The molecule has 2 N–H and O–H groups in total. The molecular weight excluding hydrogens is 384 g/mol. The van der Waals surface area contributed by atoms with Gasteiger partial charge in [0.05, 0.1) is 18.0 Å². The van der Waals surface area contributed by atoms with E-state index in [-0.39, 0.29) is 30.1 Å². The Balaban J connectivity index is 2.52. The van der Waals surface area contributed by atoms with Crippen molar-refractivity contribution in [2.24, 2.45) is 5.92 Å². The predicted molar refractivity (Wildman–Crippen MR) is 96.2 cm³/mol. The third kappa shape index (κ3) is 4.71. The highest BCUT2D eigenvalue weighted by Crippen LogP contribution is 2.44. The summed E-state index contributed by atoms with van der Waals surface area (Å²) < 4.78 is 16.7. The maximum Gasteiger partial charge on any atom is 0.303 e. The summed E-state index contributed by atoms with van der Waals surface area (Å²) in [6.07, 6.45) is -1.68. The minimum absolute atomic E-state index is 0.0282. The normalized spacial score (nSPS) is 23.1. The van der Waals surface area contributed by atoms with Crippen molar-refractivity contribution in [2.75, 3.05) is 12.3 Å². The van der Waals surface area contributed by atoms with Crippen molar-refractivity contribution in [3.05, 3.63) is 11.4 Å². The molecule has 0 aliphatic heterocycles. The topological polar surface area (TPSA) is 164 Å². The van der Waals surface area contributed by atoms with E-state index in [1.165, 1.54) is 27.7 Å². The number of hydrogen-bond donors (Lipinski definition) is 1. The molecular formula is C18H22N4O7. The second-order valence-corrected chi connectivity index (χ2v) is 6.74. The van der Waals surface area contributed by atoms with E-state index >= 15 is 0 Å². The van der Waals surface area contributed by atoms with E-state index < -0.39 is 47.9 Å². The molecule has 1 aliphatic rings. The molecule has 1 aromatic rings. The zero-order valence-electron chi connectivity index (χ0n) is 16.5. The molecule has 1 aliphatic carbocycles. The van der Waals surface area contributed by atoms with E-state index in [1.54, 1.807) is 0 Å². The van der Waals surface area contributed by atoms with E-state index in [2.05, 4.69) is 5.10 Å². The zero-order valence-corrected chi connectivity index (χ0v) is 16.5. The molecule has 0 aromatic carbocycles. The van der Waals surface area contributed by atoms with Crippen LogP contribution in [0.25, 0.3) is 0 Å². The summed E-state index contributed by atoms with van der Waals surface area (Å²) >= 11 is 0. The molecule has 156 valence electrons. The van der Waals surface area contributed by atoms with E-state index in [9.17, 15) is 24.4 Å². The van der Waals surface area contributed by atoms with Gasteiger partial charge < -0.3 is 19.9 Å². The Hall–Kier alpha value is -3.42. The first-order chi connectivity index (χ1) is 13.6. The van der Waals surface area contributed by atoms with Gasteiger partial charge in [0, 0.05) is 39.5 Å². The molecule has 0 unspecified atom stereocenters. The minimum atomic E-state index is -0.985. The molecule has 1 fully saturated rings.